The van der Waals surface area contributed by atoms with Crippen LogP contribution in [0.25, 0.3) is 10.8 Å². The van der Waals surface area contributed by atoms with Gasteiger partial charge in [0.2, 0.25) is 0 Å². The van der Waals surface area contributed by atoms with Crippen molar-refractivity contribution in [3.8, 4) is 11.5 Å². The molecule has 0 spiro atoms. The van der Waals surface area contributed by atoms with Gasteiger partial charge in [0.15, 0.2) is 11.5 Å². The number of sulfonamides is 1. The Labute approximate surface area is 178 Å². The Morgan fingerprint density at radius 2 is 1.79 bits per heavy atom. The minimum Gasteiger partial charge on any atom is -0.493 e. The number of nitrogens with zero attached hydrogens (tertiary/aromatic N) is 1. The third-order valence-corrected chi connectivity index (χ3v) is 5.83. The highest BCUT2D eigenvalue weighted by molar-refractivity contribution is 9.10. The summed E-state index contributed by atoms with van der Waals surface area (Å²) in [6, 6.07) is 16.0. The number of halogens is 1. The van der Waals surface area contributed by atoms with Crippen molar-refractivity contribution >= 4 is 42.9 Å². The lowest BCUT2D eigenvalue weighted by Crippen LogP contribution is -2.18. The first-order valence-electron chi connectivity index (χ1n) is 8.88. The number of hydrogen-bond acceptors (Lipinski definition) is 5. The van der Waals surface area contributed by atoms with E-state index in [1.54, 1.807) is 30.3 Å². The molecule has 29 heavy (non-hydrogen) atoms. The molecule has 6 nitrogen and oxygen atoms in total. The summed E-state index contributed by atoms with van der Waals surface area (Å²) in [6.07, 6.45) is 1.39. The van der Waals surface area contributed by atoms with E-state index in [2.05, 4.69) is 25.9 Å². The highest BCUT2D eigenvalue weighted by Crippen LogP contribution is 2.37. The summed E-state index contributed by atoms with van der Waals surface area (Å²) in [7, 11) is -2.25. The monoisotopic (exact) mass is 476 g/mol. The predicted octanol–water partition coefficient (Wildman–Crippen LogP) is 4.71. The molecule has 0 saturated carbocycles. The van der Waals surface area contributed by atoms with Crippen molar-refractivity contribution in [1.29, 1.82) is 0 Å². The molecular weight excluding hydrogens is 456 g/mol. The third kappa shape index (κ3) is 5.07. The first-order chi connectivity index (χ1) is 13.8. The molecule has 0 bridgehead atoms. The van der Waals surface area contributed by atoms with Gasteiger partial charge in [0, 0.05) is 0 Å². The average Bonchev–Trinajstić information content (AvgIpc) is 2.69. The SMILES string of the molecule is COc1cc(/C=N/NS(=O)(=O)c2ccc3ccccc3c2)cc(Br)c1OC(C)C. The van der Waals surface area contributed by atoms with Crippen molar-refractivity contribution in [2.24, 2.45) is 5.10 Å². The number of benzene rings is 3. The van der Waals surface area contributed by atoms with Gasteiger partial charge < -0.3 is 9.47 Å². The van der Waals surface area contributed by atoms with Crippen LogP contribution in [0.2, 0.25) is 0 Å². The van der Waals surface area contributed by atoms with Gasteiger partial charge in [-0.15, -0.1) is 0 Å². The van der Waals surface area contributed by atoms with E-state index >= 15 is 0 Å². The van der Waals surface area contributed by atoms with Crippen LogP contribution in [-0.2, 0) is 10.0 Å². The van der Waals surface area contributed by atoms with Crippen LogP contribution >= 0.6 is 15.9 Å². The molecular formula is C21H21BrN2O4S. The molecule has 8 heteroatoms. The van der Waals surface area contributed by atoms with E-state index in [1.807, 2.05) is 38.1 Å². The summed E-state index contributed by atoms with van der Waals surface area (Å²) in [5.74, 6) is 1.10. The van der Waals surface area contributed by atoms with Crippen LogP contribution in [0.4, 0.5) is 0 Å². The van der Waals surface area contributed by atoms with Gasteiger partial charge in [0.25, 0.3) is 10.0 Å². The minimum absolute atomic E-state index is 0.0199. The Balaban J connectivity index is 1.81. The van der Waals surface area contributed by atoms with Gasteiger partial charge in [0.05, 0.1) is 28.8 Å². The van der Waals surface area contributed by atoms with Crippen molar-refractivity contribution < 1.29 is 17.9 Å². The fraction of sp³-hybridized carbons (Fsp3) is 0.190. The number of hydrogen-bond donors (Lipinski definition) is 1. The maximum Gasteiger partial charge on any atom is 0.276 e. The zero-order valence-corrected chi connectivity index (χ0v) is 18.6. The van der Waals surface area contributed by atoms with Crippen molar-refractivity contribution in [2.75, 3.05) is 7.11 Å². The zero-order chi connectivity index (χ0) is 21.0. The van der Waals surface area contributed by atoms with Gasteiger partial charge in [-0.05, 0) is 70.4 Å². The summed E-state index contributed by atoms with van der Waals surface area (Å²) in [5, 5.41) is 5.71. The summed E-state index contributed by atoms with van der Waals surface area (Å²) in [4.78, 5) is 2.39. The molecule has 0 aliphatic heterocycles. The number of nitrogens with one attached hydrogen (secondary N) is 1. The van der Waals surface area contributed by atoms with E-state index in [4.69, 9.17) is 9.47 Å². The van der Waals surface area contributed by atoms with Gasteiger partial charge in [-0.2, -0.15) is 13.5 Å². The smallest absolute Gasteiger partial charge is 0.276 e. The quantitative estimate of drug-likeness (QED) is 0.395. The molecule has 3 aromatic rings. The molecule has 0 atom stereocenters. The standard InChI is InChI=1S/C21H21BrN2O4S/c1-14(2)28-21-19(22)10-15(11-20(21)27-3)13-23-24-29(25,26)18-9-8-16-6-4-5-7-17(16)12-18/h4-14,24H,1-3H3/b23-13+. The molecule has 0 aliphatic carbocycles. The highest BCUT2D eigenvalue weighted by Gasteiger charge is 2.14. The number of methoxy groups -OCH3 is 1. The number of ether oxygens (including phenoxy) is 2. The molecule has 3 aromatic carbocycles. The van der Waals surface area contributed by atoms with Crippen LogP contribution in [0.5, 0.6) is 11.5 Å². The second-order valence-corrected chi connectivity index (χ2v) is 9.08. The number of hydrazone groups is 1. The van der Waals surface area contributed by atoms with Gasteiger partial charge in [-0.25, -0.2) is 4.83 Å². The molecule has 0 unspecified atom stereocenters. The van der Waals surface area contributed by atoms with Crippen LogP contribution in [0.15, 0.2) is 69.1 Å². The fourth-order valence-corrected chi connectivity index (χ4v) is 4.10. The maximum atomic E-state index is 12.6. The Morgan fingerprint density at radius 1 is 1.07 bits per heavy atom. The fourth-order valence-electron chi connectivity index (χ4n) is 2.72. The summed E-state index contributed by atoms with van der Waals surface area (Å²) in [6.45, 7) is 3.84. The van der Waals surface area contributed by atoms with Gasteiger partial charge in [0.1, 0.15) is 0 Å². The number of rotatable bonds is 7. The number of fused-ring (bicyclic) bond motifs is 1. The average molecular weight is 477 g/mol. The van der Waals surface area contributed by atoms with Crippen molar-refractivity contribution in [2.45, 2.75) is 24.8 Å². The van der Waals surface area contributed by atoms with Crippen LogP contribution in [-0.4, -0.2) is 27.8 Å². The van der Waals surface area contributed by atoms with E-state index in [9.17, 15) is 8.42 Å². The van der Waals surface area contributed by atoms with Gasteiger partial charge in [-0.1, -0.05) is 30.3 Å². The molecule has 152 valence electrons. The lowest BCUT2D eigenvalue weighted by molar-refractivity contribution is 0.228. The minimum atomic E-state index is -3.79. The largest absolute Gasteiger partial charge is 0.493 e. The molecule has 0 amide bonds. The second kappa shape index (κ2) is 8.84. The Kier molecular flexibility index (Phi) is 6.44. The zero-order valence-electron chi connectivity index (χ0n) is 16.2. The Hall–Kier alpha value is -2.58. The van der Waals surface area contributed by atoms with Crippen molar-refractivity contribution in [3.63, 3.8) is 0 Å². The molecule has 0 fully saturated rings. The lowest BCUT2D eigenvalue weighted by Gasteiger charge is -2.15. The van der Waals surface area contributed by atoms with E-state index in [-0.39, 0.29) is 11.0 Å². The summed E-state index contributed by atoms with van der Waals surface area (Å²) >= 11 is 3.45. The highest BCUT2D eigenvalue weighted by atomic mass is 79.9. The van der Waals surface area contributed by atoms with Crippen LogP contribution in [0.3, 0.4) is 0 Å². The predicted molar refractivity (Wildman–Crippen MR) is 118 cm³/mol. The first kappa shape index (κ1) is 21.1. The summed E-state index contributed by atoms with van der Waals surface area (Å²) in [5.41, 5.74) is 0.644. The normalized spacial score (nSPS) is 11.9. The molecule has 0 saturated heterocycles. The molecule has 0 radical (unpaired) electrons. The third-order valence-electron chi connectivity index (χ3n) is 4.02. The maximum absolute atomic E-state index is 12.6. The van der Waals surface area contributed by atoms with E-state index in [0.29, 0.717) is 21.5 Å². The second-order valence-electron chi connectivity index (χ2n) is 6.56. The van der Waals surface area contributed by atoms with E-state index in [1.165, 1.54) is 13.3 Å². The van der Waals surface area contributed by atoms with Gasteiger partial charge >= 0.3 is 0 Å². The van der Waals surface area contributed by atoms with Crippen molar-refractivity contribution in [1.82, 2.24) is 4.83 Å². The van der Waals surface area contributed by atoms with Crippen LogP contribution in [0.1, 0.15) is 19.4 Å². The van der Waals surface area contributed by atoms with Crippen molar-refractivity contribution in [3.05, 3.63) is 64.6 Å². The molecule has 0 heterocycles. The molecule has 1 N–H and O–H groups in total. The Morgan fingerprint density at radius 3 is 2.48 bits per heavy atom. The van der Waals surface area contributed by atoms with Crippen LogP contribution in [0, 0.1) is 0 Å². The van der Waals surface area contributed by atoms with E-state index < -0.39 is 10.0 Å². The van der Waals surface area contributed by atoms with E-state index in [0.717, 1.165) is 10.8 Å². The first-order valence-corrected chi connectivity index (χ1v) is 11.2. The lowest BCUT2D eigenvalue weighted by atomic mass is 10.1. The molecule has 3 rings (SSSR count). The topological polar surface area (TPSA) is 77.0 Å². The molecule has 0 aromatic heterocycles. The Bertz CT molecular complexity index is 1160. The molecule has 0 aliphatic rings. The summed E-state index contributed by atoms with van der Waals surface area (Å²) < 4.78 is 36.9. The van der Waals surface area contributed by atoms with Crippen LogP contribution < -0.4 is 14.3 Å². The van der Waals surface area contributed by atoms with Gasteiger partial charge in [-0.3, -0.25) is 0 Å².